The van der Waals surface area contributed by atoms with E-state index in [-0.39, 0.29) is 5.69 Å². The zero-order valence-corrected chi connectivity index (χ0v) is 17.8. The van der Waals surface area contributed by atoms with Gasteiger partial charge in [0.05, 0.1) is 11.0 Å². The fourth-order valence-corrected chi connectivity index (χ4v) is 3.97. The van der Waals surface area contributed by atoms with Gasteiger partial charge in [0.25, 0.3) is 5.56 Å². The first kappa shape index (κ1) is 20.3. The van der Waals surface area contributed by atoms with Gasteiger partial charge < -0.3 is 4.57 Å². The molecule has 0 fully saturated rings. The van der Waals surface area contributed by atoms with Gasteiger partial charge in [-0.25, -0.2) is 9.78 Å². The second-order valence-electron chi connectivity index (χ2n) is 7.55. The van der Waals surface area contributed by atoms with Crippen molar-refractivity contribution in [1.29, 1.82) is 0 Å². The van der Waals surface area contributed by atoms with Crippen LogP contribution in [0.3, 0.4) is 0 Å². The normalized spacial score (nSPS) is 11.4. The molecule has 0 amide bonds. The Hall–Kier alpha value is -2.99. The van der Waals surface area contributed by atoms with Crippen molar-refractivity contribution in [1.82, 2.24) is 19.5 Å². The lowest BCUT2D eigenvalue weighted by Crippen LogP contribution is -2.29. The number of rotatable bonds is 6. The van der Waals surface area contributed by atoms with E-state index in [1.807, 2.05) is 34.9 Å². The largest absolute Gasteiger partial charge is 0.349 e. The van der Waals surface area contributed by atoms with Crippen LogP contribution in [-0.4, -0.2) is 19.5 Å². The summed E-state index contributed by atoms with van der Waals surface area (Å²) in [5.41, 5.74) is 4.23. The second kappa shape index (κ2) is 8.40. The molecule has 6 nitrogen and oxygen atoms in total. The summed E-state index contributed by atoms with van der Waals surface area (Å²) in [5.74, 6) is 0.329. The summed E-state index contributed by atoms with van der Waals surface area (Å²) in [6.07, 6.45) is 3.64. The lowest BCUT2D eigenvalue weighted by Gasteiger charge is -2.18. The lowest BCUT2D eigenvalue weighted by molar-refractivity contribution is 0.648. The Kier molecular flexibility index (Phi) is 5.68. The molecule has 2 aliphatic heterocycles. The number of halogens is 1. The molecule has 4 rings (SSSR count). The van der Waals surface area contributed by atoms with Gasteiger partial charge in [-0.3, -0.25) is 9.78 Å². The van der Waals surface area contributed by atoms with E-state index in [1.54, 1.807) is 0 Å². The number of aryl methyl sites for hydroxylation is 4. The van der Waals surface area contributed by atoms with Crippen LogP contribution in [-0.2, 0) is 19.4 Å². The molecule has 2 heterocycles. The first-order chi connectivity index (χ1) is 14.5. The number of fused-ring (bicyclic) bond motifs is 2. The summed E-state index contributed by atoms with van der Waals surface area (Å²) >= 11 is 5.97. The number of nitrogens with one attached hydrogen (secondary N) is 1. The van der Waals surface area contributed by atoms with Crippen LogP contribution in [0.2, 0.25) is 5.02 Å². The zero-order valence-electron chi connectivity index (χ0n) is 17.0. The van der Waals surface area contributed by atoms with Crippen LogP contribution in [0.15, 0.2) is 46.0 Å². The summed E-state index contributed by atoms with van der Waals surface area (Å²) in [4.78, 5) is 35.2. The van der Waals surface area contributed by atoms with Crippen molar-refractivity contribution < 1.29 is 0 Å². The van der Waals surface area contributed by atoms with Gasteiger partial charge in [-0.1, -0.05) is 37.1 Å². The maximum Gasteiger partial charge on any atom is 0.349 e. The summed E-state index contributed by atoms with van der Waals surface area (Å²) in [5, 5.41) is 0.712. The topological polar surface area (TPSA) is 80.6 Å². The molecule has 154 valence electrons. The Balaban J connectivity index is 1.81. The maximum absolute atomic E-state index is 12.4. The molecular formula is C23H23ClN4O2. The summed E-state index contributed by atoms with van der Waals surface area (Å²) in [6, 6.07) is 11.9. The molecule has 0 aromatic heterocycles. The molecule has 0 bridgehead atoms. The molecule has 0 saturated carbocycles. The minimum absolute atomic E-state index is 0.194. The Morgan fingerprint density at radius 2 is 1.83 bits per heavy atom. The van der Waals surface area contributed by atoms with Gasteiger partial charge in [0, 0.05) is 11.6 Å². The minimum Gasteiger partial charge on any atom is -0.322 e. The van der Waals surface area contributed by atoms with Crippen molar-refractivity contribution in [3.63, 3.8) is 0 Å². The Bertz CT molecular complexity index is 1290. The molecule has 0 spiro atoms. The van der Waals surface area contributed by atoms with E-state index in [1.165, 1.54) is 16.7 Å². The Morgan fingerprint density at radius 3 is 2.57 bits per heavy atom. The van der Waals surface area contributed by atoms with E-state index in [0.29, 0.717) is 17.4 Å². The highest BCUT2D eigenvalue weighted by molar-refractivity contribution is 6.30. The van der Waals surface area contributed by atoms with E-state index < -0.39 is 11.2 Å². The summed E-state index contributed by atoms with van der Waals surface area (Å²) < 4.78 is 1.95. The van der Waals surface area contributed by atoms with Crippen LogP contribution in [0.4, 0.5) is 0 Å². The van der Waals surface area contributed by atoms with Crippen LogP contribution in [0, 0.1) is 6.92 Å². The average molecular weight is 423 g/mol. The third kappa shape index (κ3) is 4.00. The highest BCUT2D eigenvalue weighted by Crippen LogP contribution is 2.25. The molecule has 30 heavy (non-hydrogen) atoms. The summed E-state index contributed by atoms with van der Waals surface area (Å²) in [7, 11) is 0. The van der Waals surface area contributed by atoms with Crippen molar-refractivity contribution in [2.45, 2.75) is 46.1 Å². The molecule has 1 N–H and O–H groups in total. The molecule has 0 radical (unpaired) electrons. The molecule has 0 atom stereocenters. The van der Waals surface area contributed by atoms with Crippen LogP contribution in [0.25, 0.3) is 22.6 Å². The monoisotopic (exact) mass is 422 g/mol. The lowest BCUT2D eigenvalue weighted by atomic mass is 10.0. The number of hydrogen-bond donors (Lipinski definition) is 1. The van der Waals surface area contributed by atoms with Gasteiger partial charge in [-0.15, -0.1) is 0 Å². The molecule has 0 aliphatic carbocycles. The number of aromatic nitrogens is 4. The number of benzene rings is 2. The van der Waals surface area contributed by atoms with E-state index >= 15 is 0 Å². The number of H-pyrrole nitrogens is 1. The van der Waals surface area contributed by atoms with Gasteiger partial charge in [-0.05, 0) is 67.1 Å². The van der Waals surface area contributed by atoms with Crippen LogP contribution >= 0.6 is 11.6 Å². The van der Waals surface area contributed by atoms with Crippen LogP contribution in [0.5, 0.6) is 0 Å². The van der Waals surface area contributed by atoms with Crippen molar-refractivity contribution >= 4 is 22.6 Å². The molecular weight excluding hydrogens is 400 g/mol. The predicted octanol–water partition coefficient (Wildman–Crippen LogP) is 4.13. The summed E-state index contributed by atoms with van der Waals surface area (Å²) in [6.45, 7) is 4.83. The Labute approximate surface area is 178 Å². The van der Waals surface area contributed by atoms with E-state index in [4.69, 9.17) is 11.6 Å². The van der Waals surface area contributed by atoms with Gasteiger partial charge in [0.1, 0.15) is 0 Å². The first-order valence-corrected chi connectivity index (χ1v) is 10.5. The average Bonchev–Trinajstić information content (AvgIpc) is 2.71. The quantitative estimate of drug-likeness (QED) is 0.474. The smallest absolute Gasteiger partial charge is 0.322 e. The van der Waals surface area contributed by atoms with E-state index in [9.17, 15) is 9.59 Å². The fourth-order valence-electron chi connectivity index (χ4n) is 3.85. The second-order valence-corrected chi connectivity index (χ2v) is 7.99. The number of nitrogens with zero attached hydrogens (tertiary/aromatic N) is 3. The standard InChI is InChI=1S/C23H23ClN4O2/c1-3-5-16-13-18-19(12-14(16)2)28(11-4-6-15-7-9-17(24)10-8-15)21-20(25-18)22(29)27-23(30)26-21/h7-10,12-13H,3-6,11H2,1-2H3,(H,27,29,30). The number of aromatic amines is 1. The Morgan fingerprint density at radius 1 is 1.07 bits per heavy atom. The maximum atomic E-state index is 12.4. The van der Waals surface area contributed by atoms with Crippen molar-refractivity contribution in [3.8, 4) is 11.5 Å². The fraction of sp³-hybridized carbons (Fsp3) is 0.304. The van der Waals surface area contributed by atoms with Crippen molar-refractivity contribution in [2.24, 2.45) is 0 Å². The van der Waals surface area contributed by atoms with Gasteiger partial charge in [0.15, 0.2) is 11.5 Å². The van der Waals surface area contributed by atoms with Crippen LogP contribution in [0.1, 0.15) is 36.5 Å². The first-order valence-electron chi connectivity index (χ1n) is 10.1. The highest BCUT2D eigenvalue weighted by atomic mass is 35.5. The molecule has 2 aromatic carbocycles. The molecule has 0 saturated heterocycles. The molecule has 2 aromatic rings. The van der Waals surface area contributed by atoms with Crippen molar-refractivity contribution in [3.05, 3.63) is 78.9 Å². The van der Waals surface area contributed by atoms with E-state index in [0.717, 1.165) is 36.7 Å². The van der Waals surface area contributed by atoms with E-state index in [2.05, 4.69) is 34.9 Å². The van der Waals surface area contributed by atoms with Gasteiger partial charge >= 0.3 is 5.69 Å². The molecule has 0 unspecified atom stereocenters. The zero-order chi connectivity index (χ0) is 21.3. The van der Waals surface area contributed by atoms with Gasteiger partial charge in [0.2, 0.25) is 0 Å². The highest BCUT2D eigenvalue weighted by Gasteiger charge is 2.19. The third-order valence-corrected chi connectivity index (χ3v) is 5.60. The van der Waals surface area contributed by atoms with Crippen molar-refractivity contribution in [2.75, 3.05) is 0 Å². The van der Waals surface area contributed by atoms with Crippen LogP contribution < -0.4 is 11.2 Å². The minimum atomic E-state index is -0.653. The van der Waals surface area contributed by atoms with Gasteiger partial charge in [-0.2, -0.15) is 4.98 Å². The number of hydrogen-bond acceptors (Lipinski definition) is 4. The predicted molar refractivity (Wildman–Crippen MR) is 120 cm³/mol. The SMILES string of the molecule is CCCc1cc2nc3c(=O)[nH]c(=O)nc-3n(CCCc3ccc(Cl)cc3)c2cc1C. The molecule has 7 heteroatoms. The third-order valence-electron chi connectivity index (χ3n) is 5.35. The molecule has 2 aliphatic rings.